The van der Waals surface area contributed by atoms with Crippen molar-refractivity contribution >= 4 is 30.2 Å². The predicted molar refractivity (Wildman–Crippen MR) is 156 cm³/mol. The molecule has 0 bridgehead atoms. The zero-order chi connectivity index (χ0) is 31.7. The number of hydrogen-bond donors (Lipinski definition) is 7. The Kier molecular flexibility index (Phi) is 12.3. The van der Waals surface area contributed by atoms with Crippen LogP contribution in [0, 0.1) is 0 Å². The van der Waals surface area contributed by atoms with E-state index >= 15 is 0 Å². The van der Waals surface area contributed by atoms with E-state index in [4.69, 9.17) is 17.2 Å². The second-order valence-electron chi connectivity index (χ2n) is 11.2. The molecular weight excluding hydrogens is 566 g/mol. The molecule has 5 atom stereocenters. The molecule has 1 aliphatic carbocycles. The molecule has 10 nitrogen and oxygen atoms in total. The summed E-state index contributed by atoms with van der Waals surface area (Å²) in [5.74, 6) is -1.35. The zero-order valence-electron chi connectivity index (χ0n) is 23.7. The number of nitrogens with two attached hydrogens (primary N) is 3. The average molecular weight is 605 g/mol. The van der Waals surface area contributed by atoms with E-state index in [2.05, 4.69) is 10.6 Å². The first-order chi connectivity index (χ1) is 20.2. The maximum absolute atomic E-state index is 13.3. The molecule has 0 saturated heterocycles. The quantitative estimate of drug-likeness (QED) is 0.156. The number of benzene rings is 2. The number of carbonyl (C=O) groups excluding carboxylic acids is 3. The third kappa shape index (κ3) is 11.0. The topological polar surface area (TPSA) is 194 Å². The summed E-state index contributed by atoms with van der Waals surface area (Å²) in [7, 11) is -1.73. The van der Waals surface area contributed by atoms with Crippen LogP contribution in [0.4, 0.5) is 13.2 Å². The number of Topliss-reactive ketones (excluding diaryl/α,β-unsaturated/α-hetero) is 1. The molecule has 0 aromatic heterocycles. The summed E-state index contributed by atoms with van der Waals surface area (Å²) in [5.41, 5.74) is 18.4. The molecule has 0 spiro atoms. The highest BCUT2D eigenvalue weighted by Gasteiger charge is 2.30. The highest BCUT2D eigenvalue weighted by molar-refractivity contribution is 6.58. The first-order valence-electron chi connectivity index (χ1n) is 14.2. The van der Waals surface area contributed by atoms with Crippen molar-refractivity contribution in [3.8, 4) is 0 Å². The number of ketones is 1. The monoisotopic (exact) mass is 605 g/mol. The summed E-state index contributed by atoms with van der Waals surface area (Å²) in [4.78, 5) is 38.7. The van der Waals surface area contributed by atoms with Gasteiger partial charge in [-0.2, -0.15) is 13.2 Å². The van der Waals surface area contributed by atoms with E-state index < -0.39 is 42.6 Å². The van der Waals surface area contributed by atoms with Gasteiger partial charge in [0.25, 0.3) is 0 Å². The van der Waals surface area contributed by atoms with Gasteiger partial charge < -0.3 is 37.9 Å². The average Bonchev–Trinajstić information content (AvgIpc) is 2.93. The highest BCUT2D eigenvalue weighted by Crippen LogP contribution is 2.29. The van der Waals surface area contributed by atoms with Crippen molar-refractivity contribution in [2.45, 2.75) is 87.8 Å². The van der Waals surface area contributed by atoms with E-state index in [1.165, 1.54) is 24.3 Å². The molecule has 2 aromatic rings. The van der Waals surface area contributed by atoms with Crippen LogP contribution in [-0.4, -0.2) is 65.0 Å². The van der Waals surface area contributed by atoms with Crippen LogP contribution in [0.2, 0.25) is 0 Å². The Morgan fingerprint density at radius 1 is 0.953 bits per heavy atom. The SMILES string of the molecule is N[C@@H]1CC(NC(=O)CC[C@H](N)C(=O)N[C@H](CCc2ccc(C(F)(F)F)cc2)C(=O)Cc2cccc(B(O)O)c2)C[C@H](N)C1. The number of alkyl halides is 3. The van der Waals surface area contributed by atoms with Crippen molar-refractivity contribution in [1.82, 2.24) is 10.6 Å². The fourth-order valence-corrected chi connectivity index (χ4v) is 5.20. The molecule has 2 aromatic carbocycles. The van der Waals surface area contributed by atoms with Gasteiger partial charge in [0.15, 0.2) is 5.78 Å². The Morgan fingerprint density at radius 3 is 2.21 bits per heavy atom. The number of nitrogens with one attached hydrogen (secondary N) is 2. The zero-order valence-corrected chi connectivity index (χ0v) is 23.7. The summed E-state index contributed by atoms with van der Waals surface area (Å²) >= 11 is 0. The Bertz CT molecular complexity index is 1240. The third-order valence-corrected chi connectivity index (χ3v) is 7.50. The largest absolute Gasteiger partial charge is 0.488 e. The second kappa shape index (κ2) is 15.4. The molecule has 1 fully saturated rings. The summed E-state index contributed by atoms with van der Waals surface area (Å²) < 4.78 is 38.8. The van der Waals surface area contributed by atoms with Crippen molar-refractivity contribution in [3.63, 3.8) is 0 Å². The van der Waals surface area contributed by atoms with Gasteiger partial charge in [0.2, 0.25) is 11.8 Å². The summed E-state index contributed by atoms with van der Waals surface area (Å²) in [6, 6.07) is 8.14. The number of carbonyl (C=O) groups is 3. The fourth-order valence-electron chi connectivity index (χ4n) is 5.20. The molecule has 0 radical (unpaired) electrons. The molecular formula is C29H39BF3N5O5. The lowest BCUT2D eigenvalue weighted by Crippen LogP contribution is -2.50. The number of hydrogen-bond acceptors (Lipinski definition) is 8. The van der Waals surface area contributed by atoms with E-state index in [1.54, 1.807) is 12.1 Å². The van der Waals surface area contributed by atoms with Crippen molar-refractivity contribution in [1.29, 1.82) is 0 Å². The summed E-state index contributed by atoms with van der Waals surface area (Å²) in [6.07, 6.45) is -2.49. The summed E-state index contributed by atoms with van der Waals surface area (Å²) in [5, 5.41) is 24.4. The van der Waals surface area contributed by atoms with Crippen LogP contribution in [-0.2, 0) is 33.4 Å². The minimum Gasteiger partial charge on any atom is -0.423 e. The summed E-state index contributed by atoms with van der Waals surface area (Å²) in [6.45, 7) is 0. The molecule has 2 amide bonds. The maximum atomic E-state index is 13.3. The van der Waals surface area contributed by atoms with Crippen LogP contribution in [0.5, 0.6) is 0 Å². The first-order valence-corrected chi connectivity index (χ1v) is 14.2. The van der Waals surface area contributed by atoms with E-state index in [1.807, 2.05) is 0 Å². The van der Waals surface area contributed by atoms with Gasteiger partial charge in [-0.05, 0) is 67.2 Å². The van der Waals surface area contributed by atoms with Gasteiger partial charge in [0.1, 0.15) is 0 Å². The minimum atomic E-state index is -4.48. The highest BCUT2D eigenvalue weighted by atomic mass is 19.4. The van der Waals surface area contributed by atoms with Crippen LogP contribution < -0.4 is 33.3 Å². The number of halogens is 3. The predicted octanol–water partition coefficient (Wildman–Crippen LogP) is 0.0452. The molecule has 1 aliphatic rings. The normalized spacial score (nSPS) is 20.1. The van der Waals surface area contributed by atoms with Gasteiger partial charge in [0, 0.05) is 31.0 Å². The molecule has 43 heavy (non-hydrogen) atoms. The standard InChI is InChI=1S/C29H39BF3N5O5/c31-29(32,33)19-7-4-17(5-8-19)6-10-25(26(39)13-18-2-1-3-20(12-18)30(42)43)38-28(41)24(36)9-11-27(40)37-23-15-21(34)14-22(35)16-23/h1-5,7-8,12,21-25,42-43H,6,9-11,13-16,34-36H2,(H,37,40)(H,38,41)/t21-,22+,23?,24-,25+/m0/s1. The number of rotatable bonds is 13. The number of aryl methyl sites for hydroxylation is 1. The molecule has 1 saturated carbocycles. The molecule has 234 valence electrons. The fraction of sp³-hybridized carbons (Fsp3) is 0.483. The van der Waals surface area contributed by atoms with Gasteiger partial charge in [-0.15, -0.1) is 0 Å². The van der Waals surface area contributed by atoms with Crippen LogP contribution in [0.1, 0.15) is 55.2 Å². The molecule has 14 heteroatoms. The van der Waals surface area contributed by atoms with Gasteiger partial charge in [0.05, 0.1) is 17.6 Å². The third-order valence-electron chi connectivity index (χ3n) is 7.50. The van der Waals surface area contributed by atoms with Crippen LogP contribution in [0.3, 0.4) is 0 Å². The lowest BCUT2D eigenvalue weighted by molar-refractivity contribution is -0.137. The minimum absolute atomic E-state index is 0.0126. The Morgan fingerprint density at radius 2 is 1.60 bits per heavy atom. The van der Waals surface area contributed by atoms with Gasteiger partial charge in [-0.3, -0.25) is 14.4 Å². The first kappa shape index (κ1) is 34.2. The molecule has 3 rings (SSSR count). The van der Waals surface area contributed by atoms with Crippen LogP contribution >= 0.6 is 0 Å². The van der Waals surface area contributed by atoms with Crippen molar-refractivity contribution < 1.29 is 37.6 Å². The van der Waals surface area contributed by atoms with Crippen LogP contribution in [0.15, 0.2) is 48.5 Å². The van der Waals surface area contributed by atoms with Gasteiger partial charge in [-0.1, -0.05) is 36.4 Å². The molecule has 0 aliphatic heterocycles. The van der Waals surface area contributed by atoms with Crippen molar-refractivity contribution in [2.75, 3.05) is 0 Å². The Balaban J connectivity index is 1.62. The van der Waals surface area contributed by atoms with Crippen molar-refractivity contribution in [3.05, 3.63) is 65.2 Å². The lowest BCUT2D eigenvalue weighted by atomic mass is 9.79. The van der Waals surface area contributed by atoms with Crippen molar-refractivity contribution in [2.24, 2.45) is 17.2 Å². The lowest BCUT2D eigenvalue weighted by Gasteiger charge is -2.31. The van der Waals surface area contributed by atoms with E-state index in [9.17, 15) is 37.6 Å². The van der Waals surface area contributed by atoms with Gasteiger partial charge in [-0.25, -0.2) is 0 Å². The van der Waals surface area contributed by atoms with E-state index in [0.29, 0.717) is 30.4 Å². The van der Waals surface area contributed by atoms with E-state index in [0.717, 1.165) is 12.1 Å². The smallest absolute Gasteiger partial charge is 0.423 e. The van der Waals surface area contributed by atoms with Gasteiger partial charge >= 0.3 is 13.3 Å². The molecule has 0 heterocycles. The Labute approximate surface area is 248 Å². The second-order valence-corrected chi connectivity index (χ2v) is 11.2. The maximum Gasteiger partial charge on any atom is 0.488 e. The molecule has 1 unspecified atom stereocenters. The van der Waals surface area contributed by atoms with E-state index in [-0.39, 0.29) is 61.6 Å². The van der Waals surface area contributed by atoms with Crippen LogP contribution in [0.25, 0.3) is 0 Å². The molecule has 10 N–H and O–H groups in total. The number of amides is 2. The Hall–Kier alpha value is -3.30.